The Bertz CT molecular complexity index is 1390. The van der Waals surface area contributed by atoms with E-state index in [0.29, 0.717) is 18.3 Å². The van der Waals surface area contributed by atoms with Gasteiger partial charge >= 0.3 is 0 Å². The van der Waals surface area contributed by atoms with Crippen molar-refractivity contribution < 1.29 is 4.74 Å². The van der Waals surface area contributed by atoms with Crippen LogP contribution in [0.15, 0.2) is 34.2 Å². The molecule has 34 heavy (non-hydrogen) atoms. The monoisotopic (exact) mass is 496 g/mol. The van der Waals surface area contributed by atoms with Crippen LogP contribution in [-0.4, -0.2) is 31.0 Å². The highest BCUT2D eigenvalue weighted by atomic mass is 32.2. The third-order valence-corrected chi connectivity index (χ3v) is 8.78. The van der Waals surface area contributed by atoms with Crippen LogP contribution < -0.4 is 5.56 Å². The van der Waals surface area contributed by atoms with Crippen LogP contribution in [0.1, 0.15) is 62.5 Å². The summed E-state index contributed by atoms with van der Waals surface area (Å²) in [6, 6.07) is 8.05. The highest BCUT2D eigenvalue weighted by Gasteiger charge is 2.30. The van der Waals surface area contributed by atoms with Crippen LogP contribution in [0.4, 0.5) is 0 Å². The molecule has 6 nitrogen and oxygen atoms in total. The van der Waals surface area contributed by atoms with Crippen LogP contribution in [0.3, 0.4) is 0 Å². The minimum atomic E-state index is -0.0121. The topological polar surface area (TPSA) is 61.4 Å². The zero-order valence-corrected chi connectivity index (χ0v) is 22.0. The van der Waals surface area contributed by atoms with Gasteiger partial charge < -0.3 is 4.74 Å². The third kappa shape index (κ3) is 4.20. The van der Waals surface area contributed by atoms with Crippen LogP contribution in [0.5, 0.6) is 0 Å². The van der Waals surface area contributed by atoms with Crippen molar-refractivity contribution in [3.05, 3.63) is 50.6 Å². The van der Waals surface area contributed by atoms with E-state index in [1.165, 1.54) is 19.3 Å². The van der Waals surface area contributed by atoms with Gasteiger partial charge in [-0.05, 0) is 42.5 Å². The lowest BCUT2D eigenvalue weighted by Gasteiger charge is -2.26. The van der Waals surface area contributed by atoms with Gasteiger partial charge in [-0.15, -0.1) is 21.5 Å². The van der Waals surface area contributed by atoms with Gasteiger partial charge in [0.05, 0.1) is 23.8 Å². The van der Waals surface area contributed by atoms with Crippen molar-refractivity contribution >= 4 is 39.1 Å². The number of hydrogen-bond donors (Lipinski definition) is 0. The second-order valence-corrected chi connectivity index (χ2v) is 11.6. The van der Waals surface area contributed by atoms with Crippen LogP contribution in [-0.2, 0) is 17.8 Å². The van der Waals surface area contributed by atoms with Crippen molar-refractivity contribution in [3.63, 3.8) is 0 Å². The molecule has 5 rings (SSSR count). The first-order valence-electron chi connectivity index (χ1n) is 12.3. The molecule has 0 fully saturated rings. The number of hydrogen-bond acceptors (Lipinski definition) is 6. The SMILES string of the molecule is CCCCCCSc1nnc2n(-c3cccc(C)c3)c(=O)c3c4c(sc3n12)COC(C(C)C)C4. The van der Waals surface area contributed by atoms with Gasteiger partial charge in [0, 0.05) is 17.1 Å². The molecule has 1 atom stereocenters. The molecule has 4 heterocycles. The van der Waals surface area contributed by atoms with Crippen molar-refractivity contribution in [3.8, 4) is 5.69 Å². The number of unbranched alkanes of at least 4 members (excludes halogenated alkanes) is 3. The Hall–Kier alpha value is -2.16. The van der Waals surface area contributed by atoms with Crippen LogP contribution in [0.25, 0.3) is 21.7 Å². The second-order valence-electron chi connectivity index (χ2n) is 9.49. The first-order chi connectivity index (χ1) is 16.5. The maximum atomic E-state index is 14.0. The maximum Gasteiger partial charge on any atom is 0.268 e. The van der Waals surface area contributed by atoms with Gasteiger partial charge in [-0.1, -0.05) is 63.9 Å². The zero-order valence-electron chi connectivity index (χ0n) is 20.3. The summed E-state index contributed by atoms with van der Waals surface area (Å²) in [5.41, 5.74) is 3.07. The average molecular weight is 497 g/mol. The summed E-state index contributed by atoms with van der Waals surface area (Å²) in [6.45, 7) is 9.20. The van der Waals surface area contributed by atoms with Crippen molar-refractivity contribution in [2.75, 3.05) is 5.75 Å². The molecule has 0 radical (unpaired) electrons. The summed E-state index contributed by atoms with van der Waals surface area (Å²) in [5.74, 6) is 1.98. The van der Waals surface area contributed by atoms with Crippen LogP contribution in [0.2, 0.25) is 0 Å². The molecule has 8 heteroatoms. The number of aromatic nitrogens is 4. The second kappa shape index (κ2) is 9.84. The molecule has 0 N–H and O–H groups in total. The van der Waals surface area contributed by atoms with E-state index in [9.17, 15) is 4.79 Å². The highest BCUT2D eigenvalue weighted by molar-refractivity contribution is 7.99. The standard InChI is InChI=1S/C26H32N4O2S2/c1-5-6-7-8-12-33-26-28-27-25-29(18-11-9-10-17(4)13-18)23(31)22-19-14-20(16(2)3)32-15-21(19)34-24(22)30(25)26/h9-11,13,16,20H,5-8,12,14-15H2,1-4H3. The molecule has 0 spiro atoms. The van der Waals surface area contributed by atoms with E-state index in [2.05, 4.69) is 35.4 Å². The fourth-order valence-corrected chi connectivity index (χ4v) is 6.88. The van der Waals surface area contributed by atoms with E-state index in [1.54, 1.807) is 27.7 Å². The summed E-state index contributed by atoms with van der Waals surface area (Å²) < 4.78 is 10.0. The maximum absolute atomic E-state index is 14.0. The minimum Gasteiger partial charge on any atom is -0.372 e. The van der Waals surface area contributed by atoms with Crippen LogP contribution in [0, 0.1) is 12.8 Å². The molecule has 180 valence electrons. The number of ether oxygens (including phenoxy) is 1. The Labute approximate surface area is 208 Å². The number of benzene rings is 1. The summed E-state index contributed by atoms with van der Waals surface area (Å²) >= 11 is 3.40. The number of thioether (sulfide) groups is 1. The normalized spacial score (nSPS) is 16.1. The Kier molecular flexibility index (Phi) is 6.82. The number of aryl methyl sites for hydroxylation is 1. The quantitative estimate of drug-likeness (QED) is 0.216. The fraction of sp³-hybridized carbons (Fsp3) is 0.500. The lowest BCUT2D eigenvalue weighted by Crippen LogP contribution is -2.28. The molecule has 0 amide bonds. The van der Waals surface area contributed by atoms with E-state index < -0.39 is 0 Å². The largest absolute Gasteiger partial charge is 0.372 e. The Morgan fingerprint density at radius 1 is 1.24 bits per heavy atom. The first-order valence-corrected chi connectivity index (χ1v) is 14.1. The predicted molar refractivity (Wildman–Crippen MR) is 141 cm³/mol. The van der Waals surface area contributed by atoms with E-state index in [0.717, 1.165) is 55.7 Å². The molecule has 0 saturated carbocycles. The van der Waals surface area contributed by atoms with Gasteiger partial charge in [0.1, 0.15) is 4.83 Å². The van der Waals surface area contributed by atoms with Crippen molar-refractivity contribution in [2.24, 2.45) is 5.92 Å². The van der Waals surface area contributed by atoms with Gasteiger partial charge in [0.25, 0.3) is 5.56 Å². The highest BCUT2D eigenvalue weighted by Crippen LogP contribution is 2.37. The summed E-state index contributed by atoms with van der Waals surface area (Å²) in [5, 5.41) is 10.7. The molecular weight excluding hydrogens is 464 g/mol. The lowest BCUT2D eigenvalue weighted by atomic mass is 9.96. The Morgan fingerprint density at radius 3 is 2.85 bits per heavy atom. The smallest absolute Gasteiger partial charge is 0.268 e. The van der Waals surface area contributed by atoms with Gasteiger partial charge in [0.2, 0.25) is 5.78 Å². The van der Waals surface area contributed by atoms with Gasteiger partial charge in [0.15, 0.2) is 5.16 Å². The number of thiophene rings is 1. The fourth-order valence-electron chi connectivity index (χ4n) is 4.65. The van der Waals surface area contributed by atoms with Crippen LogP contribution >= 0.6 is 23.1 Å². The molecule has 0 bridgehead atoms. The Morgan fingerprint density at radius 2 is 2.09 bits per heavy atom. The lowest BCUT2D eigenvalue weighted by molar-refractivity contribution is 0.00200. The number of nitrogens with zero attached hydrogens (tertiary/aromatic N) is 4. The zero-order chi connectivity index (χ0) is 23.8. The molecule has 4 aromatic rings. The molecule has 0 saturated heterocycles. The average Bonchev–Trinajstić information content (AvgIpc) is 3.40. The molecule has 0 aliphatic carbocycles. The van der Waals surface area contributed by atoms with Gasteiger partial charge in [-0.25, -0.2) is 8.97 Å². The molecule has 1 unspecified atom stereocenters. The molecule has 1 aromatic carbocycles. The number of fused-ring (bicyclic) bond motifs is 5. The van der Waals surface area contributed by atoms with E-state index in [4.69, 9.17) is 4.74 Å². The van der Waals surface area contributed by atoms with Crippen molar-refractivity contribution in [1.82, 2.24) is 19.2 Å². The van der Waals surface area contributed by atoms with Crippen molar-refractivity contribution in [2.45, 2.75) is 77.7 Å². The summed E-state index contributed by atoms with van der Waals surface area (Å²) in [4.78, 5) is 16.1. The summed E-state index contributed by atoms with van der Waals surface area (Å²) in [6.07, 6.45) is 5.75. The van der Waals surface area contributed by atoms with E-state index in [-0.39, 0.29) is 11.7 Å². The molecule has 1 aliphatic rings. The van der Waals surface area contributed by atoms with E-state index >= 15 is 0 Å². The van der Waals surface area contributed by atoms with E-state index in [1.807, 2.05) is 31.2 Å². The van der Waals surface area contributed by atoms with Crippen molar-refractivity contribution in [1.29, 1.82) is 0 Å². The number of rotatable bonds is 8. The third-order valence-electron chi connectivity index (χ3n) is 6.57. The Balaban J connectivity index is 1.71. The minimum absolute atomic E-state index is 0.0121. The van der Waals surface area contributed by atoms with Gasteiger partial charge in [-0.3, -0.25) is 4.79 Å². The molecular formula is C26H32N4O2S2. The van der Waals surface area contributed by atoms with Gasteiger partial charge in [-0.2, -0.15) is 0 Å². The first kappa shape index (κ1) is 23.6. The molecule has 3 aromatic heterocycles. The summed E-state index contributed by atoms with van der Waals surface area (Å²) in [7, 11) is 0. The molecule has 1 aliphatic heterocycles. The predicted octanol–water partition coefficient (Wildman–Crippen LogP) is 6.17.